The number of nitrogens with two attached hydrogens (primary N) is 1. The highest BCUT2D eigenvalue weighted by Crippen LogP contribution is 2.10. The van der Waals surface area contributed by atoms with E-state index in [1.807, 2.05) is 13.0 Å². The maximum atomic E-state index is 11.2. The number of hydrogen-bond acceptors (Lipinski definition) is 3. The van der Waals surface area contributed by atoms with Gasteiger partial charge in [-0.25, -0.2) is 8.42 Å². The summed E-state index contributed by atoms with van der Waals surface area (Å²) in [6.07, 6.45) is 0. The molecule has 1 aromatic carbocycles. The van der Waals surface area contributed by atoms with Crippen molar-refractivity contribution in [2.75, 3.05) is 5.88 Å². The molecule has 0 aliphatic rings. The highest BCUT2D eigenvalue weighted by atomic mass is 32.2. The third kappa shape index (κ3) is 1.84. The van der Waals surface area contributed by atoms with Gasteiger partial charge < -0.3 is 5.73 Å². The van der Waals surface area contributed by atoms with Crippen molar-refractivity contribution in [2.45, 2.75) is 11.8 Å². The fraction of sp³-hybridized carbons (Fsp3) is 0.250. The standard InChI is InChI=1S/C8H11NO2S/c1-7-3-2-4-8(5-7)12(10,11)6-9/h2-5H,6,9H2,1H3. The number of sulfone groups is 1. The molecular weight excluding hydrogens is 174 g/mol. The van der Waals surface area contributed by atoms with Crippen LogP contribution in [0.4, 0.5) is 0 Å². The zero-order chi connectivity index (χ0) is 9.19. The first kappa shape index (κ1) is 9.22. The van der Waals surface area contributed by atoms with E-state index in [1.165, 1.54) is 0 Å². The lowest BCUT2D eigenvalue weighted by Crippen LogP contribution is -2.14. The molecule has 2 N–H and O–H groups in total. The van der Waals surface area contributed by atoms with Gasteiger partial charge in [0.25, 0.3) is 0 Å². The zero-order valence-electron chi connectivity index (χ0n) is 6.82. The van der Waals surface area contributed by atoms with E-state index < -0.39 is 9.84 Å². The Morgan fingerprint density at radius 2 is 2.08 bits per heavy atom. The minimum absolute atomic E-state index is 0.296. The van der Waals surface area contributed by atoms with Crippen LogP contribution in [0.5, 0.6) is 0 Å². The highest BCUT2D eigenvalue weighted by molar-refractivity contribution is 7.91. The zero-order valence-corrected chi connectivity index (χ0v) is 7.64. The van der Waals surface area contributed by atoms with Crippen molar-refractivity contribution in [2.24, 2.45) is 5.73 Å². The second-order valence-electron chi connectivity index (χ2n) is 2.60. The van der Waals surface area contributed by atoms with Crippen LogP contribution < -0.4 is 5.73 Å². The molecule has 0 atom stereocenters. The van der Waals surface area contributed by atoms with Crippen molar-refractivity contribution in [3.05, 3.63) is 29.8 Å². The number of aryl methyl sites for hydroxylation is 1. The third-order valence-corrected chi connectivity index (χ3v) is 2.98. The molecule has 0 unspecified atom stereocenters. The summed E-state index contributed by atoms with van der Waals surface area (Å²) in [5, 5.41) is 0. The molecule has 0 spiro atoms. The first-order valence-electron chi connectivity index (χ1n) is 3.56. The minimum Gasteiger partial charge on any atom is -0.317 e. The van der Waals surface area contributed by atoms with Crippen molar-refractivity contribution < 1.29 is 8.42 Å². The van der Waals surface area contributed by atoms with Gasteiger partial charge >= 0.3 is 0 Å². The first-order chi connectivity index (χ1) is 5.56. The van der Waals surface area contributed by atoms with Gasteiger partial charge in [-0.1, -0.05) is 12.1 Å². The number of rotatable bonds is 2. The molecule has 66 valence electrons. The van der Waals surface area contributed by atoms with E-state index in [2.05, 4.69) is 0 Å². The Morgan fingerprint density at radius 3 is 2.58 bits per heavy atom. The molecule has 0 aliphatic carbocycles. The van der Waals surface area contributed by atoms with E-state index in [4.69, 9.17) is 5.73 Å². The molecule has 0 fully saturated rings. The molecule has 4 heteroatoms. The molecule has 0 saturated heterocycles. The fourth-order valence-electron chi connectivity index (χ4n) is 0.905. The van der Waals surface area contributed by atoms with Gasteiger partial charge in [-0.3, -0.25) is 0 Å². The Morgan fingerprint density at radius 1 is 1.42 bits per heavy atom. The Hall–Kier alpha value is -0.870. The number of hydrogen-bond donors (Lipinski definition) is 1. The van der Waals surface area contributed by atoms with E-state index in [-0.39, 0.29) is 5.88 Å². The van der Waals surface area contributed by atoms with Crippen LogP contribution in [0.15, 0.2) is 29.2 Å². The molecular formula is C8H11NO2S. The van der Waals surface area contributed by atoms with Gasteiger partial charge in [-0.15, -0.1) is 0 Å². The normalized spacial score (nSPS) is 11.5. The topological polar surface area (TPSA) is 60.2 Å². The van der Waals surface area contributed by atoms with Crippen LogP contribution in [0, 0.1) is 6.92 Å². The second kappa shape index (κ2) is 3.25. The summed E-state index contributed by atoms with van der Waals surface area (Å²) < 4.78 is 22.5. The van der Waals surface area contributed by atoms with E-state index in [0.29, 0.717) is 4.90 Å². The molecule has 12 heavy (non-hydrogen) atoms. The van der Waals surface area contributed by atoms with Crippen LogP contribution in [-0.2, 0) is 9.84 Å². The monoisotopic (exact) mass is 185 g/mol. The Labute approximate surface area is 72.1 Å². The average Bonchev–Trinajstić information content (AvgIpc) is 2.05. The van der Waals surface area contributed by atoms with E-state index >= 15 is 0 Å². The summed E-state index contributed by atoms with van der Waals surface area (Å²) in [4.78, 5) is 0.296. The van der Waals surface area contributed by atoms with Gasteiger partial charge in [-0.05, 0) is 24.6 Å². The molecule has 0 aromatic heterocycles. The van der Waals surface area contributed by atoms with Crippen molar-refractivity contribution in [1.29, 1.82) is 0 Å². The fourth-order valence-corrected chi connectivity index (χ4v) is 1.75. The molecule has 1 aromatic rings. The SMILES string of the molecule is Cc1cccc(S(=O)(=O)CN)c1. The molecule has 0 heterocycles. The Kier molecular flexibility index (Phi) is 2.49. The van der Waals surface area contributed by atoms with Crippen LogP contribution >= 0.6 is 0 Å². The molecule has 0 radical (unpaired) electrons. The molecule has 0 amide bonds. The molecule has 0 aliphatic heterocycles. The van der Waals surface area contributed by atoms with Crippen LogP contribution in [0.25, 0.3) is 0 Å². The summed E-state index contributed by atoms with van der Waals surface area (Å²) in [6.45, 7) is 1.84. The van der Waals surface area contributed by atoms with E-state index in [9.17, 15) is 8.42 Å². The predicted molar refractivity (Wildman–Crippen MR) is 47.4 cm³/mol. The Bertz CT molecular complexity index is 370. The summed E-state index contributed by atoms with van der Waals surface area (Å²) in [6, 6.07) is 6.71. The lowest BCUT2D eigenvalue weighted by molar-refractivity contribution is 0.596. The maximum absolute atomic E-state index is 11.2. The number of benzene rings is 1. The molecule has 0 bridgehead atoms. The van der Waals surface area contributed by atoms with Gasteiger partial charge in [0.2, 0.25) is 0 Å². The summed E-state index contributed by atoms with van der Waals surface area (Å²) in [5.41, 5.74) is 6.02. The van der Waals surface area contributed by atoms with Gasteiger partial charge in [0.1, 0.15) is 5.88 Å². The Balaban J connectivity index is 3.21. The largest absolute Gasteiger partial charge is 0.317 e. The van der Waals surface area contributed by atoms with Gasteiger partial charge in [0.15, 0.2) is 9.84 Å². The van der Waals surface area contributed by atoms with Crippen molar-refractivity contribution in [3.63, 3.8) is 0 Å². The van der Waals surface area contributed by atoms with Crippen molar-refractivity contribution in [3.8, 4) is 0 Å². The third-order valence-electron chi connectivity index (χ3n) is 1.57. The summed E-state index contributed by atoms with van der Waals surface area (Å²) in [7, 11) is -3.24. The highest BCUT2D eigenvalue weighted by Gasteiger charge is 2.10. The molecule has 1 rings (SSSR count). The van der Waals surface area contributed by atoms with Crippen LogP contribution in [-0.4, -0.2) is 14.3 Å². The molecule has 0 saturated carbocycles. The van der Waals surface area contributed by atoms with E-state index in [1.54, 1.807) is 18.2 Å². The van der Waals surface area contributed by atoms with Gasteiger partial charge in [0.05, 0.1) is 4.90 Å². The lowest BCUT2D eigenvalue weighted by atomic mass is 10.2. The second-order valence-corrected chi connectivity index (χ2v) is 4.63. The minimum atomic E-state index is -3.24. The summed E-state index contributed by atoms with van der Waals surface area (Å²) in [5.74, 6) is -0.337. The van der Waals surface area contributed by atoms with Crippen LogP contribution in [0.1, 0.15) is 5.56 Å². The smallest absolute Gasteiger partial charge is 0.191 e. The summed E-state index contributed by atoms with van der Waals surface area (Å²) >= 11 is 0. The van der Waals surface area contributed by atoms with Crippen LogP contribution in [0.2, 0.25) is 0 Å². The van der Waals surface area contributed by atoms with Gasteiger partial charge in [-0.2, -0.15) is 0 Å². The quantitative estimate of drug-likeness (QED) is 0.737. The van der Waals surface area contributed by atoms with Crippen LogP contribution in [0.3, 0.4) is 0 Å². The molecule has 3 nitrogen and oxygen atoms in total. The predicted octanol–water partition coefficient (Wildman–Crippen LogP) is 0.685. The first-order valence-corrected chi connectivity index (χ1v) is 5.21. The van der Waals surface area contributed by atoms with Crippen molar-refractivity contribution >= 4 is 9.84 Å². The van der Waals surface area contributed by atoms with Gasteiger partial charge in [0, 0.05) is 0 Å². The average molecular weight is 185 g/mol. The lowest BCUT2D eigenvalue weighted by Gasteiger charge is -2.00. The van der Waals surface area contributed by atoms with E-state index in [0.717, 1.165) is 5.56 Å². The maximum Gasteiger partial charge on any atom is 0.191 e. The van der Waals surface area contributed by atoms with Crippen molar-refractivity contribution in [1.82, 2.24) is 0 Å².